The van der Waals surface area contributed by atoms with Crippen LogP contribution in [0, 0.1) is 0 Å². The number of rotatable bonds is 0. The summed E-state index contributed by atoms with van der Waals surface area (Å²) in [7, 11) is 1.50. The smallest absolute Gasteiger partial charge is 0.145 e. The lowest BCUT2D eigenvalue weighted by molar-refractivity contribution is 0.0812. The summed E-state index contributed by atoms with van der Waals surface area (Å²) in [5, 5.41) is 7.81. The highest BCUT2D eigenvalue weighted by molar-refractivity contribution is 7.16. The summed E-state index contributed by atoms with van der Waals surface area (Å²) in [5.74, 6) is 0. The number of hydrogen-bond acceptors (Lipinski definition) is 4. The van der Waals surface area contributed by atoms with Gasteiger partial charge in [0.15, 0.2) is 0 Å². The number of hydrogen-bond donors (Lipinski definition) is 1. The van der Waals surface area contributed by atoms with Crippen molar-refractivity contribution in [1.29, 1.82) is 0 Å². The summed E-state index contributed by atoms with van der Waals surface area (Å²) in [6.07, 6.45) is 0. The van der Waals surface area contributed by atoms with Crippen LogP contribution in [-0.2, 0) is 17.9 Å². The molecule has 0 saturated carbocycles. The molecule has 4 nitrogen and oxygen atoms in total. The van der Waals surface area contributed by atoms with E-state index in [-0.39, 0.29) is 0 Å². The van der Waals surface area contributed by atoms with Crippen molar-refractivity contribution >= 4 is 21.6 Å². The standard InChI is InChI=1S/C8H8N2OS.CH5N/c1-4-12-8-6(1)7-5-11-3-2-10(7)9-8;1-2/h1,4H,2-3,5H2;2H2,1H3. The van der Waals surface area contributed by atoms with Gasteiger partial charge in [0, 0.05) is 5.39 Å². The summed E-state index contributed by atoms with van der Waals surface area (Å²) in [4.78, 5) is 1.13. The molecule has 0 unspecified atom stereocenters. The zero-order valence-electron chi connectivity index (χ0n) is 8.06. The predicted molar refractivity (Wildman–Crippen MR) is 57.4 cm³/mol. The highest BCUT2D eigenvalue weighted by Crippen LogP contribution is 2.25. The second-order valence-electron chi connectivity index (χ2n) is 2.86. The lowest BCUT2D eigenvalue weighted by Crippen LogP contribution is -2.17. The lowest BCUT2D eigenvalue weighted by atomic mass is 10.3. The third-order valence-electron chi connectivity index (χ3n) is 2.17. The molecule has 0 radical (unpaired) electrons. The monoisotopic (exact) mass is 211 g/mol. The second-order valence-corrected chi connectivity index (χ2v) is 3.76. The molecule has 0 aromatic carbocycles. The molecule has 2 aromatic heterocycles. The maximum atomic E-state index is 5.38. The quantitative estimate of drug-likeness (QED) is 0.712. The Bertz CT molecular complexity index is 421. The SMILES string of the molecule is CN.c1cc2c3n(nc2s1)CCOC3. The van der Waals surface area contributed by atoms with Gasteiger partial charge in [-0.3, -0.25) is 4.68 Å². The summed E-state index contributed by atoms with van der Waals surface area (Å²) in [5.41, 5.74) is 5.73. The largest absolute Gasteiger partial charge is 0.373 e. The van der Waals surface area contributed by atoms with Gasteiger partial charge in [-0.2, -0.15) is 5.10 Å². The van der Waals surface area contributed by atoms with E-state index in [4.69, 9.17) is 4.74 Å². The van der Waals surface area contributed by atoms with Crippen LogP contribution in [0.1, 0.15) is 5.69 Å². The Morgan fingerprint density at radius 3 is 3.29 bits per heavy atom. The highest BCUT2D eigenvalue weighted by atomic mass is 32.1. The van der Waals surface area contributed by atoms with Gasteiger partial charge in [-0.05, 0) is 18.5 Å². The van der Waals surface area contributed by atoms with E-state index in [0.29, 0.717) is 6.61 Å². The number of ether oxygens (including phenoxy) is 1. The first kappa shape index (κ1) is 9.64. The zero-order valence-corrected chi connectivity index (χ0v) is 8.88. The van der Waals surface area contributed by atoms with Crippen LogP contribution in [-0.4, -0.2) is 23.4 Å². The van der Waals surface area contributed by atoms with Crippen LogP contribution in [0.5, 0.6) is 0 Å². The van der Waals surface area contributed by atoms with Gasteiger partial charge in [0.05, 0.1) is 25.5 Å². The summed E-state index contributed by atoms with van der Waals surface area (Å²) >= 11 is 1.69. The Kier molecular flexibility index (Phi) is 2.81. The minimum absolute atomic E-state index is 0.716. The molecule has 0 fully saturated rings. The molecule has 0 amide bonds. The van der Waals surface area contributed by atoms with Crippen molar-refractivity contribution in [1.82, 2.24) is 9.78 Å². The van der Waals surface area contributed by atoms with Gasteiger partial charge >= 0.3 is 0 Å². The third kappa shape index (κ3) is 1.43. The molecule has 2 N–H and O–H groups in total. The van der Waals surface area contributed by atoms with Gasteiger partial charge in [0.2, 0.25) is 0 Å². The number of nitrogens with two attached hydrogens (primary N) is 1. The van der Waals surface area contributed by atoms with E-state index in [0.717, 1.165) is 18.0 Å². The van der Waals surface area contributed by atoms with Gasteiger partial charge < -0.3 is 10.5 Å². The van der Waals surface area contributed by atoms with Crippen molar-refractivity contribution in [2.24, 2.45) is 5.73 Å². The molecule has 0 atom stereocenters. The average Bonchev–Trinajstić information content (AvgIpc) is 2.80. The van der Waals surface area contributed by atoms with Crippen LogP contribution in [0.15, 0.2) is 11.4 Å². The van der Waals surface area contributed by atoms with Gasteiger partial charge in [-0.25, -0.2) is 0 Å². The molecule has 0 spiro atoms. The Balaban J connectivity index is 0.000000354. The van der Waals surface area contributed by atoms with Crippen LogP contribution < -0.4 is 5.73 Å². The van der Waals surface area contributed by atoms with E-state index in [1.807, 2.05) is 0 Å². The van der Waals surface area contributed by atoms with Crippen molar-refractivity contribution < 1.29 is 4.74 Å². The number of thiophene rings is 1. The van der Waals surface area contributed by atoms with E-state index in [1.165, 1.54) is 18.1 Å². The molecular formula is C9H13N3OS. The minimum atomic E-state index is 0.716. The third-order valence-corrected chi connectivity index (χ3v) is 2.96. The molecule has 0 bridgehead atoms. The Morgan fingerprint density at radius 2 is 2.43 bits per heavy atom. The maximum Gasteiger partial charge on any atom is 0.145 e. The molecule has 1 aliphatic heterocycles. The van der Waals surface area contributed by atoms with Crippen LogP contribution >= 0.6 is 11.3 Å². The summed E-state index contributed by atoms with van der Waals surface area (Å²) in [6.45, 7) is 2.41. The van der Waals surface area contributed by atoms with Crippen molar-refractivity contribution in [2.75, 3.05) is 13.7 Å². The van der Waals surface area contributed by atoms with Crippen molar-refractivity contribution in [3.8, 4) is 0 Å². The summed E-state index contributed by atoms with van der Waals surface area (Å²) < 4.78 is 7.44. The van der Waals surface area contributed by atoms with Crippen LogP contribution in [0.4, 0.5) is 0 Å². The summed E-state index contributed by atoms with van der Waals surface area (Å²) in [6, 6.07) is 2.12. The van der Waals surface area contributed by atoms with E-state index in [9.17, 15) is 0 Å². The average molecular weight is 211 g/mol. The maximum absolute atomic E-state index is 5.38. The Hall–Kier alpha value is -0.910. The normalized spacial score (nSPS) is 14.7. The van der Waals surface area contributed by atoms with Gasteiger partial charge in [0.25, 0.3) is 0 Å². The molecule has 1 aliphatic rings. The first-order valence-corrected chi connectivity index (χ1v) is 5.41. The minimum Gasteiger partial charge on any atom is -0.373 e. The topological polar surface area (TPSA) is 53.1 Å². The van der Waals surface area contributed by atoms with E-state index in [1.54, 1.807) is 11.3 Å². The Labute approximate surface area is 86.3 Å². The van der Waals surface area contributed by atoms with E-state index >= 15 is 0 Å². The predicted octanol–water partition coefficient (Wildman–Crippen LogP) is 1.20. The Morgan fingerprint density at radius 1 is 1.57 bits per heavy atom. The molecule has 0 aliphatic carbocycles. The number of fused-ring (bicyclic) bond motifs is 3. The molecule has 3 heterocycles. The van der Waals surface area contributed by atoms with E-state index in [2.05, 4.69) is 27.0 Å². The van der Waals surface area contributed by atoms with Crippen molar-refractivity contribution in [3.63, 3.8) is 0 Å². The highest BCUT2D eigenvalue weighted by Gasteiger charge is 2.15. The van der Waals surface area contributed by atoms with Crippen molar-refractivity contribution in [2.45, 2.75) is 13.2 Å². The van der Waals surface area contributed by atoms with Gasteiger partial charge in [-0.15, -0.1) is 11.3 Å². The van der Waals surface area contributed by atoms with E-state index < -0.39 is 0 Å². The van der Waals surface area contributed by atoms with Gasteiger partial charge in [-0.1, -0.05) is 0 Å². The van der Waals surface area contributed by atoms with Crippen LogP contribution in [0.25, 0.3) is 10.2 Å². The second kappa shape index (κ2) is 4.08. The molecule has 2 aromatic rings. The number of nitrogens with zero attached hydrogens (tertiary/aromatic N) is 2. The fourth-order valence-corrected chi connectivity index (χ4v) is 2.36. The number of aromatic nitrogens is 2. The fourth-order valence-electron chi connectivity index (χ4n) is 1.56. The lowest BCUT2D eigenvalue weighted by Gasteiger charge is -2.13. The fraction of sp³-hybridized carbons (Fsp3) is 0.444. The molecule has 3 rings (SSSR count). The molecule has 0 saturated heterocycles. The van der Waals surface area contributed by atoms with Crippen molar-refractivity contribution in [3.05, 3.63) is 17.1 Å². The van der Waals surface area contributed by atoms with Crippen LogP contribution in [0.3, 0.4) is 0 Å². The first-order chi connectivity index (χ1) is 6.95. The van der Waals surface area contributed by atoms with Crippen LogP contribution in [0.2, 0.25) is 0 Å². The first-order valence-electron chi connectivity index (χ1n) is 4.53. The van der Waals surface area contributed by atoms with Gasteiger partial charge in [0.1, 0.15) is 4.83 Å². The molecule has 14 heavy (non-hydrogen) atoms. The molecule has 5 heteroatoms. The molecular weight excluding hydrogens is 198 g/mol. The molecule has 76 valence electrons. The zero-order chi connectivity index (χ0) is 9.97.